The Morgan fingerprint density at radius 3 is 2.47 bits per heavy atom. The van der Waals surface area contributed by atoms with Gasteiger partial charge in [-0.05, 0) is 20.3 Å². The van der Waals surface area contributed by atoms with E-state index in [9.17, 15) is 4.79 Å². The molecule has 4 nitrogen and oxygen atoms in total. The molecule has 0 atom stereocenters. The van der Waals surface area contributed by atoms with Gasteiger partial charge in [-0.25, -0.2) is 4.79 Å². The molecule has 15 heavy (non-hydrogen) atoms. The summed E-state index contributed by atoms with van der Waals surface area (Å²) in [4.78, 5) is 13.3. The predicted molar refractivity (Wildman–Crippen MR) is 61.9 cm³/mol. The number of aliphatic hydroxyl groups excluding tert-OH is 1. The van der Waals surface area contributed by atoms with Gasteiger partial charge in [0, 0.05) is 19.1 Å². The van der Waals surface area contributed by atoms with Gasteiger partial charge in [0.15, 0.2) is 0 Å². The van der Waals surface area contributed by atoms with Crippen LogP contribution in [-0.2, 0) is 0 Å². The van der Waals surface area contributed by atoms with E-state index in [1.165, 1.54) is 0 Å². The molecule has 0 aromatic heterocycles. The fourth-order valence-electron chi connectivity index (χ4n) is 1.33. The number of hydrogen-bond acceptors (Lipinski definition) is 2. The largest absolute Gasteiger partial charge is 0.395 e. The monoisotopic (exact) mass is 216 g/mol. The molecule has 0 aliphatic rings. The molecule has 0 spiro atoms. The van der Waals surface area contributed by atoms with Gasteiger partial charge in [0.25, 0.3) is 0 Å². The van der Waals surface area contributed by atoms with Crippen molar-refractivity contribution in [3.8, 4) is 0 Å². The van der Waals surface area contributed by atoms with Crippen molar-refractivity contribution >= 4 is 6.03 Å². The first-order valence-electron chi connectivity index (χ1n) is 5.78. The van der Waals surface area contributed by atoms with E-state index in [-0.39, 0.29) is 18.7 Å². The lowest BCUT2D eigenvalue weighted by atomic mass is 10.2. The second kappa shape index (κ2) is 8.53. The molecule has 0 radical (unpaired) electrons. The summed E-state index contributed by atoms with van der Waals surface area (Å²) in [5, 5.41) is 11.7. The summed E-state index contributed by atoms with van der Waals surface area (Å²) in [5.74, 6) is 0. The summed E-state index contributed by atoms with van der Waals surface area (Å²) in [7, 11) is 0. The van der Waals surface area contributed by atoms with Crippen molar-refractivity contribution in [2.24, 2.45) is 0 Å². The first-order chi connectivity index (χ1) is 7.11. The molecule has 2 N–H and O–H groups in total. The summed E-state index contributed by atoms with van der Waals surface area (Å²) in [5.41, 5.74) is 0. The van der Waals surface area contributed by atoms with Crippen LogP contribution in [0.15, 0.2) is 0 Å². The highest BCUT2D eigenvalue weighted by molar-refractivity contribution is 5.74. The number of nitrogens with one attached hydrogen (secondary N) is 1. The van der Waals surface area contributed by atoms with E-state index in [4.69, 9.17) is 5.11 Å². The minimum atomic E-state index is -0.0739. The third kappa shape index (κ3) is 7.19. The maximum atomic E-state index is 11.6. The number of rotatable bonds is 7. The van der Waals surface area contributed by atoms with Crippen molar-refractivity contribution in [1.29, 1.82) is 0 Å². The number of urea groups is 1. The molecule has 0 fully saturated rings. The molecule has 0 aliphatic carbocycles. The molecular weight excluding hydrogens is 192 g/mol. The normalized spacial score (nSPS) is 10.5. The first-order valence-corrected chi connectivity index (χ1v) is 5.78. The van der Waals surface area contributed by atoms with E-state index in [0.29, 0.717) is 6.54 Å². The fourth-order valence-corrected chi connectivity index (χ4v) is 1.33. The molecule has 0 saturated heterocycles. The topological polar surface area (TPSA) is 52.6 Å². The highest BCUT2D eigenvalue weighted by Gasteiger charge is 2.12. The van der Waals surface area contributed by atoms with Gasteiger partial charge < -0.3 is 15.3 Å². The zero-order chi connectivity index (χ0) is 11.7. The Bertz CT molecular complexity index is 172. The molecule has 0 aliphatic heterocycles. The summed E-state index contributed by atoms with van der Waals surface area (Å²) >= 11 is 0. The molecule has 4 heteroatoms. The number of unbranched alkanes of at least 4 members (excludes halogenated alkanes) is 2. The molecule has 0 heterocycles. The standard InChI is InChI=1S/C11H24N2O2/c1-4-5-6-7-13(8-9-14)11(15)12-10(2)3/h10,14H,4-9H2,1-3H3,(H,12,15). The first kappa shape index (κ1) is 14.2. The number of carbonyl (C=O) groups excluding carboxylic acids is 1. The van der Waals surface area contributed by atoms with E-state index in [1.807, 2.05) is 13.8 Å². The van der Waals surface area contributed by atoms with Gasteiger partial charge >= 0.3 is 6.03 Å². The van der Waals surface area contributed by atoms with Crippen molar-refractivity contribution in [2.75, 3.05) is 19.7 Å². The molecule has 2 amide bonds. The van der Waals surface area contributed by atoms with Gasteiger partial charge in [-0.15, -0.1) is 0 Å². The average Bonchev–Trinajstić information content (AvgIpc) is 2.15. The number of aliphatic hydroxyl groups is 1. The van der Waals surface area contributed by atoms with Crippen LogP contribution in [0.25, 0.3) is 0 Å². The Morgan fingerprint density at radius 2 is 2.00 bits per heavy atom. The lowest BCUT2D eigenvalue weighted by molar-refractivity contribution is 0.174. The highest BCUT2D eigenvalue weighted by Crippen LogP contribution is 1.99. The lowest BCUT2D eigenvalue weighted by Gasteiger charge is -2.23. The van der Waals surface area contributed by atoms with E-state index < -0.39 is 0 Å². The smallest absolute Gasteiger partial charge is 0.317 e. The highest BCUT2D eigenvalue weighted by atomic mass is 16.3. The Hall–Kier alpha value is -0.770. The van der Waals surface area contributed by atoms with Gasteiger partial charge in [0.1, 0.15) is 0 Å². The van der Waals surface area contributed by atoms with Crippen LogP contribution in [0.5, 0.6) is 0 Å². The molecule has 0 saturated carbocycles. The summed E-state index contributed by atoms with van der Waals surface area (Å²) < 4.78 is 0. The number of amides is 2. The Morgan fingerprint density at radius 1 is 1.33 bits per heavy atom. The molecule has 0 rings (SSSR count). The Balaban J connectivity index is 3.94. The second-order valence-electron chi connectivity index (χ2n) is 4.02. The van der Waals surface area contributed by atoms with Crippen molar-refractivity contribution in [2.45, 2.75) is 46.1 Å². The summed E-state index contributed by atoms with van der Waals surface area (Å²) in [6.07, 6.45) is 3.26. The summed E-state index contributed by atoms with van der Waals surface area (Å²) in [6.45, 7) is 7.17. The lowest BCUT2D eigenvalue weighted by Crippen LogP contribution is -2.44. The third-order valence-electron chi connectivity index (χ3n) is 2.10. The van der Waals surface area contributed by atoms with Gasteiger partial charge in [0.2, 0.25) is 0 Å². The fraction of sp³-hybridized carbons (Fsp3) is 0.909. The number of hydrogen-bond donors (Lipinski definition) is 2. The van der Waals surface area contributed by atoms with Crippen molar-refractivity contribution < 1.29 is 9.90 Å². The molecule has 0 unspecified atom stereocenters. The van der Waals surface area contributed by atoms with Crippen LogP contribution in [0.3, 0.4) is 0 Å². The Labute approximate surface area is 92.7 Å². The second-order valence-corrected chi connectivity index (χ2v) is 4.02. The van der Waals surface area contributed by atoms with E-state index in [0.717, 1.165) is 25.8 Å². The zero-order valence-electron chi connectivity index (χ0n) is 10.1. The Kier molecular flexibility index (Phi) is 8.09. The van der Waals surface area contributed by atoms with Gasteiger partial charge in [-0.1, -0.05) is 19.8 Å². The van der Waals surface area contributed by atoms with E-state index in [2.05, 4.69) is 12.2 Å². The van der Waals surface area contributed by atoms with Gasteiger partial charge in [0.05, 0.1) is 6.61 Å². The minimum absolute atomic E-state index is 0.0254. The van der Waals surface area contributed by atoms with Crippen LogP contribution in [0, 0.1) is 0 Å². The molecule has 0 aromatic rings. The molecule has 0 aromatic carbocycles. The van der Waals surface area contributed by atoms with Crippen LogP contribution in [0.4, 0.5) is 4.79 Å². The maximum Gasteiger partial charge on any atom is 0.317 e. The maximum absolute atomic E-state index is 11.6. The quantitative estimate of drug-likeness (QED) is 0.635. The summed E-state index contributed by atoms with van der Waals surface area (Å²) in [6, 6.07) is 0.0695. The SMILES string of the molecule is CCCCCN(CCO)C(=O)NC(C)C. The number of nitrogens with zero attached hydrogens (tertiary/aromatic N) is 1. The van der Waals surface area contributed by atoms with Crippen molar-refractivity contribution in [3.05, 3.63) is 0 Å². The molecule has 0 bridgehead atoms. The predicted octanol–water partition coefficient (Wildman–Crippen LogP) is 1.59. The van der Waals surface area contributed by atoms with Gasteiger partial charge in [-0.3, -0.25) is 0 Å². The zero-order valence-corrected chi connectivity index (χ0v) is 10.1. The van der Waals surface area contributed by atoms with Crippen LogP contribution in [-0.4, -0.2) is 41.8 Å². The van der Waals surface area contributed by atoms with Crippen molar-refractivity contribution in [1.82, 2.24) is 10.2 Å². The average molecular weight is 216 g/mol. The van der Waals surface area contributed by atoms with Crippen LogP contribution in [0.2, 0.25) is 0 Å². The minimum Gasteiger partial charge on any atom is -0.395 e. The van der Waals surface area contributed by atoms with Crippen LogP contribution in [0.1, 0.15) is 40.0 Å². The van der Waals surface area contributed by atoms with Gasteiger partial charge in [-0.2, -0.15) is 0 Å². The molecular formula is C11H24N2O2. The number of carbonyl (C=O) groups is 1. The molecule has 90 valence electrons. The van der Waals surface area contributed by atoms with Crippen LogP contribution >= 0.6 is 0 Å². The van der Waals surface area contributed by atoms with Crippen molar-refractivity contribution in [3.63, 3.8) is 0 Å². The van der Waals surface area contributed by atoms with Crippen LogP contribution < -0.4 is 5.32 Å². The van der Waals surface area contributed by atoms with E-state index in [1.54, 1.807) is 4.90 Å². The third-order valence-corrected chi connectivity index (χ3v) is 2.10. The van der Waals surface area contributed by atoms with E-state index >= 15 is 0 Å².